The molecule has 6 aliphatic carbocycles. The molecule has 94 heavy (non-hydrogen) atoms. The Balaban J connectivity index is 0.920. The van der Waals surface area contributed by atoms with E-state index in [0.29, 0.717) is 40.9 Å². The first-order valence-corrected chi connectivity index (χ1v) is 37.7. The van der Waals surface area contributed by atoms with Gasteiger partial charge in [0.15, 0.2) is 6.71 Å². The Bertz CT molecular complexity index is 4140. The third-order valence-electron chi connectivity index (χ3n) is 23.5. The second kappa shape index (κ2) is 24.4. The van der Waals surface area contributed by atoms with E-state index < -0.39 is 0 Å². The van der Waals surface area contributed by atoms with Crippen molar-refractivity contribution >= 4 is 70.6 Å². The molecule has 4 fully saturated rings. The molecule has 0 radical (unpaired) electrons. The number of thioether (sulfide) groups is 2. The predicted molar refractivity (Wildman–Crippen MR) is 406 cm³/mol. The number of hydrogen-bond acceptors (Lipinski definition) is 6. The fourth-order valence-corrected chi connectivity index (χ4v) is 22.8. The molecule has 0 N–H and O–H groups in total. The molecule has 0 bridgehead atoms. The number of hydrogen-bond donors (Lipinski definition) is 0. The van der Waals surface area contributed by atoms with Gasteiger partial charge in [-0.15, -0.1) is 11.8 Å². The predicted octanol–water partition coefficient (Wildman–Crippen LogP) is 20.3. The van der Waals surface area contributed by atoms with Crippen LogP contribution in [0.3, 0.4) is 0 Å². The second-order valence-corrected chi connectivity index (χ2v) is 33.6. The molecule has 4 nitrogen and oxygen atoms in total. The SMILES string of the molecule is CC(C)(C)c1ccc(-c2cccc(-c3ccc(C(C)(C)C)cc3)c2N2C3=CC4SC5CC(N(c6ccccc6)C6C=CC=CC6)=CC6Sc7ccccc7B(C4C=C3B3c4ccccc4N(c4ccccc4)C4CC(N(C7=CC=CCC7)C7CCCCC7)CC2C34)C65)cc1. The molecule has 7 aromatic rings. The maximum atomic E-state index is 3.10. The lowest BCUT2D eigenvalue weighted by Crippen LogP contribution is -2.69. The van der Waals surface area contributed by atoms with Crippen LogP contribution in [0.1, 0.15) is 123 Å². The van der Waals surface area contributed by atoms with Crippen LogP contribution < -0.4 is 25.6 Å². The summed E-state index contributed by atoms with van der Waals surface area (Å²) in [5.41, 5.74) is 22.5. The van der Waals surface area contributed by atoms with E-state index in [9.17, 15) is 0 Å². The normalized spacial score (nSPS) is 26.7. The van der Waals surface area contributed by atoms with Gasteiger partial charge in [0, 0.05) is 90.1 Å². The summed E-state index contributed by atoms with van der Waals surface area (Å²) in [7, 11) is 0. The van der Waals surface area contributed by atoms with E-state index in [4.69, 9.17) is 0 Å². The van der Waals surface area contributed by atoms with Gasteiger partial charge in [0.05, 0.1) is 11.7 Å². The summed E-state index contributed by atoms with van der Waals surface area (Å²) in [5.74, 6) is 1.07. The summed E-state index contributed by atoms with van der Waals surface area (Å²) in [4.78, 5) is 13.3. The Morgan fingerprint density at radius 3 is 1.88 bits per heavy atom. The highest BCUT2D eigenvalue weighted by Crippen LogP contribution is 2.63. The molecule has 8 heteroatoms. The number of benzene rings is 7. The summed E-state index contributed by atoms with van der Waals surface area (Å²) in [6.45, 7) is 14.7. The molecule has 0 aromatic heterocycles. The fourth-order valence-electron chi connectivity index (χ4n) is 19.3. The van der Waals surface area contributed by atoms with Gasteiger partial charge in [-0.05, 0) is 150 Å². The molecule has 10 atom stereocenters. The third-order valence-corrected chi connectivity index (χ3v) is 26.4. The number of anilines is 4. The van der Waals surface area contributed by atoms with Crippen LogP contribution in [-0.4, -0.2) is 64.3 Å². The first-order chi connectivity index (χ1) is 45.9. The Kier molecular flexibility index (Phi) is 15.7. The largest absolute Gasteiger partial charge is 0.369 e. The fraction of sp³-hybridized carbons (Fsp3) is 0.349. The number of para-hydroxylation sites is 4. The molecule has 472 valence electrons. The van der Waals surface area contributed by atoms with Crippen LogP contribution in [-0.2, 0) is 10.8 Å². The molecule has 4 aliphatic heterocycles. The standard InChI is InChI=1S/C86H90B2N4S2/c1-85(2,3)59-47-43-57(44-48-59)68-37-26-38-69(58-45-49-60(50-46-58)86(4,5)6)84(68)92-75-56-79-73(88-71-40-23-25-42-78(71)93-80-53-67(54-81(94-79)83(80)88)90(63-31-16-9-17-32-63)64-33-18-10-19-34-64)55-72(75)87-70-39-22-24-41-74(70)91(65-35-20-11-21-36-65)76-51-66(52-77(92)82(76)87)89(61-27-12-7-13-28-61)62-29-14-8-15-30-62/h7,9-12,16-27,31-33,35-50,53,55-56,62,64,66,73,76-77,79-83H,8,13-15,28-30,34,51-52,54H2,1-6H3. The molecule has 2 saturated heterocycles. The monoisotopic (exact) mass is 1260 g/mol. The first kappa shape index (κ1) is 60.4. The lowest BCUT2D eigenvalue weighted by Gasteiger charge is -2.63. The molecule has 10 unspecified atom stereocenters. The van der Waals surface area contributed by atoms with Crippen LogP contribution in [0.15, 0.2) is 264 Å². The highest BCUT2D eigenvalue weighted by Gasteiger charge is 2.62. The van der Waals surface area contributed by atoms with Crippen molar-refractivity contribution in [2.45, 2.75) is 191 Å². The Hall–Kier alpha value is -7.25. The third kappa shape index (κ3) is 10.6. The van der Waals surface area contributed by atoms with Gasteiger partial charge in [0.25, 0.3) is 0 Å². The molecule has 7 aromatic carbocycles. The van der Waals surface area contributed by atoms with Crippen molar-refractivity contribution in [1.82, 2.24) is 4.90 Å². The number of nitrogens with zero attached hydrogens (tertiary/aromatic N) is 4. The Labute approximate surface area is 570 Å². The highest BCUT2D eigenvalue weighted by atomic mass is 32.2. The topological polar surface area (TPSA) is 13.0 Å². The van der Waals surface area contributed by atoms with Gasteiger partial charge >= 0.3 is 0 Å². The van der Waals surface area contributed by atoms with Gasteiger partial charge in [-0.25, -0.2) is 0 Å². The molecule has 2 saturated carbocycles. The molecule has 0 amide bonds. The van der Waals surface area contributed by atoms with Crippen molar-refractivity contribution in [3.63, 3.8) is 0 Å². The van der Waals surface area contributed by atoms with E-state index in [2.05, 4.69) is 321 Å². The summed E-state index contributed by atoms with van der Waals surface area (Å²) in [5, 5.41) is 1.03. The van der Waals surface area contributed by atoms with E-state index in [1.54, 1.807) is 16.6 Å². The molecule has 4 heterocycles. The maximum absolute atomic E-state index is 3.10. The quantitative estimate of drug-likeness (QED) is 0.126. The van der Waals surface area contributed by atoms with E-state index in [-0.39, 0.29) is 46.7 Å². The van der Waals surface area contributed by atoms with Crippen molar-refractivity contribution < 1.29 is 0 Å². The van der Waals surface area contributed by atoms with Crippen LogP contribution in [0.5, 0.6) is 0 Å². The second-order valence-electron chi connectivity index (χ2n) is 30.9. The van der Waals surface area contributed by atoms with Crippen LogP contribution in [0, 0.1) is 0 Å². The van der Waals surface area contributed by atoms with Gasteiger partial charge < -0.3 is 19.6 Å². The maximum Gasteiger partial charge on any atom is 0.221 e. The van der Waals surface area contributed by atoms with E-state index >= 15 is 0 Å². The minimum Gasteiger partial charge on any atom is -0.369 e. The van der Waals surface area contributed by atoms with Crippen LogP contribution in [0.2, 0.25) is 17.5 Å². The van der Waals surface area contributed by atoms with Crippen LogP contribution in [0.25, 0.3) is 22.3 Å². The van der Waals surface area contributed by atoms with Gasteiger partial charge in [-0.3, -0.25) is 0 Å². The average Bonchev–Trinajstić information content (AvgIpc) is 0.694. The van der Waals surface area contributed by atoms with Gasteiger partial charge in [0.2, 0.25) is 6.71 Å². The molecule has 17 rings (SSSR count). The minimum absolute atomic E-state index is 0.0258. The van der Waals surface area contributed by atoms with Crippen LogP contribution >= 0.6 is 23.5 Å². The van der Waals surface area contributed by atoms with Gasteiger partial charge in [-0.1, -0.05) is 265 Å². The van der Waals surface area contributed by atoms with Crippen molar-refractivity contribution in [3.05, 3.63) is 270 Å². The smallest absolute Gasteiger partial charge is 0.221 e. The lowest BCUT2D eigenvalue weighted by molar-refractivity contribution is 0.100. The summed E-state index contributed by atoms with van der Waals surface area (Å²) in [6.07, 6.45) is 38.3. The van der Waals surface area contributed by atoms with E-state index in [0.717, 1.165) is 38.5 Å². The Morgan fingerprint density at radius 1 is 0.553 bits per heavy atom. The van der Waals surface area contributed by atoms with Crippen molar-refractivity contribution in [2.75, 3.05) is 14.7 Å². The number of rotatable bonds is 10. The Morgan fingerprint density at radius 2 is 1.21 bits per heavy atom. The minimum atomic E-state index is 0.0258. The van der Waals surface area contributed by atoms with E-state index in [1.165, 1.54) is 110 Å². The highest BCUT2D eigenvalue weighted by molar-refractivity contribution is 8.02. The van der Waals surface area contributed by atoms with Gasteiger partial charge in [-0.2, -0.15) is 11.8 Å². The zero-order valence-corrected chi connectivity index (χ0v) is 57.5. The van der Waals surface area contributed by atoms with Crippen molar-refractivity contribution in [3.8, 4) is 22.3 Å². The zero-order chi connectivity index (χ0) is 63.4. The molecular formula is C86H90B2N4S2. The molecule has 0 spiro atoms. The summed E-state index contributed by atoms with van der Waals surface area (Å²) in [6, 6.07) is 70.9. The molecular weight excluding hydrogens is 1170 g/mol. The van der Waals surface area contributed by atoms with Crippen LogP contribution in [0.4, 0.5) is 22.7 Å². The van der Waals surface area contributed by atoms with Gasteiger partial charge in [0.1, 0.15) is 0 Å². The number of allylic oxidation sites excluding steroid dienone is 9. The average molecular weight is 1270 g/mol. The summed E-state index contributed by atoms with van der Waals surface area (Å²) >= 11 is 4.50. The first-order valence-electron chi connectivity index (χ1n) is 35.9. The number of fused-ring (bicyclic) bond motifs is 8. The van der Waals surface area contributed by atoms with Crippen molar-refractivity contribution in [2.24, 2.45) is 0 Å². The summed E-state index contributed by atoms with van der Waals surface area (Å²) < 4.78 is 0. The van der Waals surface area contributed by atoms with E-state index in [1.807, 2.05) is 0 Å². The lowest BCUT2D eigenvalue weighted by atomic mass is 9.23. The van der Waals surface area contributed by atoms with Crippen molar-refractivity contribution in [1.29, 1.82) is 0 Å². The zero-order valence-electron chi connectivity index (χ0n) is 55.9. The molecule has 10 aliphatic rings.